The number of aromatic nitrogens is 5. The maximum Gasteiger partial charge on any atom is 0.252 e. The fraction of sp³-hybridized carbons (Fsp3) is 0.467. The first-order valence-electron chi connectivity index (χ1n) is 13.6. The fourth-order valence-corrected chi connectivity index (χ4v) is 4.94. The molecule has 2 aromatic heterocycles. The molecule has 0 amide bonds. The molecule has 0 aliphatic heterocycles. The van der Waals surface area contributed by atoms with Gasteiger partial charge in [-0.2, -0.15) is 0 Å². The Morgan fingerprint density at radius 1 is 1.05 bits per heavy atom. The molecule has 0 fully saturated rings. The highest BCUT2D eigenvalue weighted by Gasteiger charge is 2.31. The lowest BCUT2D eigenvalue weighted by Crippen LogP contribution is -2.37. The highest BCUT2D eigenvalue weighted by atomic mass is 16.5. The maximum atomic E-state index is 13.2. The number of methoxy groups -OCH3 is 2. The summed E-state index contributed by atoms with van der Waals surface area (Å²) in [5.74, 6) is 2.21. The van der Waals surface area contributed by atoms with Crippen LogP contribution in [-0.2, 0) is 18.5 Å². The minimum atomic E-state index is -0.237. The molecule has 0 aliphatic carbocycles. The number of nitrogens with zero attached hydrogens (tertiary/aromatic N) is 5. The van der Waals surface area contributed by atoms with Crippen molar-refractivity contribution in [3.05, 3.63) is 75.3 Å². The lowest BCUT2D eigenvalue weighted by Gasteiger charge is -2.33. The second-order valence-corrected chi connectivity index (χ2v) is 10.7. The van der Waals surface area contributed by atoms with E-state index in [1.54, 1.807) is 14.2 Å². The van der Waals surface area contributed by atoms with Crippen molar-refractivity contribution in [2.45, 2.75) is 72.0 Å². The standard InChI is InChI=1S/C30H40N6O3/c1-8-25(28-32-33-34-36(28)30(4,5)9-2)35(15-14-21-11-13-26(38-6)27(17-21)39-7)19-23-18-22-12-10-20(3)16-24(22)31-29(23)37/h10-13,16-18,25H,8-9,14-15,19H2,1-7H3,(H,31,37). The van der Waals surface area contributed by atoms with Gasteiger partial charge in [0.1, 0.15) is 0 Å². The molecular formula is C30H40N6O3. The smallest absolute Gasteiger partial charge is 0.252 e. The average molecular weight is 533 g/mol. The predicted octanol–water partition coefficient (Wildman–Crippen LogP) is 5.18. The van der Waals surface area contributed by atoms with Crippen molar-refractivity contribution < 1.29 is 9.47 Å². The molecule has 4 aromatic rings. The van der Waals surface area contributed by atoms with Crippen LogP contribution in [0.3, 0.4) is 0 Å². The van der Waals surface area contributed by atoms with Gasteiger partial charge in [0, 0.05) is 24.2 Å². The van der Waals surface area contributed by atoms with Crippen molar-refractivity contribution in [1.82, 2.24) is 30.1 Å². The lowest BCUT2D eigenvalue weighted by molar-refractivity contribution is 0.160. The Hall–Kier alpha value is -3.72. The van der Waals surface area contributed by atoms with Crippen LogP contribution in [-0.4, -0.2) is 50.9 Å². The Balaban J connectivity index is 1.72. The number of H-pyrrole nitrogens is 1. The molecule has 2 heterocycles. The van der Waals surface area contributed by atoms with Crippen LogP contribution in [0.2, 0.25) is 0 Å². The van der Waals surface area contributed by atoms with Crippen molar-refractivity contribution in [3.63, 3.8) is 0 Å². The Labute approximate surface area is 230 Å². The quantitative estimate of drug-likeness (QED) is 0.268. The molecular weight excluding hydrogens is 492 g/mol. The first-order chi connectivity index (χ1) is 18.7. The largest absolute Gasteiger partial charge is 0.493 e. The van der Waals surface area contributed by atoms with Crippen LogP contribution >= 0.6 is 0 Å². The number of hydrogen-bond acceptors (Lipinski definition) is 7. The monoisotopic (exact) mass is 532 g/mol. The van der Waals surface area contributed by atoms with Crippen LogP contribution in [0.5, 0.6) is 11.5 Å². The zero-order chi connectivity index (χ0) is 28.2. The third-order valence-corrected chi connectivity index (χ3v) is 7.65. The van der Waals surface area contributed by atoms with Gasteiger partial charge in [0.15, 0.2) is 17.3 Å². The van der Waals surface area contributed by atoms with E-state index in [1.807, 2.05) is 35.9 Å². The summed E-state index contributed by atoms with van der Waals surface area (Å²) in [6, 6.07) is 14.0. The van der Waals surface area contributed by atoms with Crippen LogP contribution in [0.1, 0.15) is 69.1 Å². The molecule has 208 valence electrons. The van der Waals surface area contributed by atoms with E-state index in [-0.39, 0.29) is 17.1 Å². The molecule has 0 saturated carbocycles. The van der Waals surface area contributed by atoms with Gasteiger partial charge in [-0.05, 0) is 91.2 Å². The van der Waals surface area contributed by atoms with Gasteiger partial charge in [-0.1, -0.05) is 32.0 Å². The summed E-state index contributed by atoms with van der Waals surface area (Å²) in [7, 11) is 3.28. The highest BCUT2D eigenvalue weighted by Crippen LogP contribution is 2.31. The molecule has 2 aromatic carbocycles. The fourth-order valence-electron chi connectivity index (χ4n) is 4.94. The van der Waals surface area contributed by atoms with Crippen LogP contribution < -0.4 is 15.0 Å². The normalized spacial score (nSPS) is 12.7. The van der Waals surface area contributed by atoms with Crippen molar-refractivity contribution in [3.8, 4) is 11.5 Å². The average Bonchev–Trinajstić information content (AvgIpc) is 3.43. The van der Waals surface area contributed by atoms with Crippen LogP contribution in [0.25, 0.3) is 10.9 Å². The number of aryl methyl sites for hydroxylation is 1. The zero-order valence-electron chi connectivity index (χ0n) is 24.1. The predicted molar refractivity (Wildman–Crippen MR) is 153 cm³/mol. The number of rotatable bonds is 12. The summed E-state index contributed by atoms with van der Waals surface area (Å²) < 4.78 is 12.9. The Bertz CT molecular complexity index is 1480. The van der Waals surface area contributed by atoms with Crippen molar-refractivity contribution >= 4 is 10.9 Å². The van der Waals surface area contributed by atoms with E-state index in [0.29, 0.717) is 30.2 Å². The molecule has 9 nitrogen and oxygen atoms in total. The molecule has 0 radical (unpaired) electrons. The SMILES string of the molecule is CCC(c1nnnn1C(C)(C)CC)N(CCc1ccc(OC)c(OC)c1)Cc1cc2ccc(C)cc2[nH]c1=O. The van der Waals surface area contributed by atoms with Crippen molar-refractivity contribution in [2.75, 3.05) is 20.8 Å². The van der Waals surface area contributed by atoms with Gasteiger partial charge in [0.2, 0.25) is 0 Å². The third-order valence-electron chi connectivity index (χ3n) is 7.65. The van der Waals surface area contributed by atoms with E-state index >= 15 is 0 Å². The molecule has 4 rings (SSSR count). The van der Waals surface area contributed by atoms with E-state index in [1.165, 1.54) is 0 Å². The molecule has 1 unspecified atom stereocenters. The van der Waals surface area contributed by atoms with Gasteiger partial charge in [-0.15, -0.1) is 5.10 Å². The maximum absolute atomic E-state index is 13.2. The van der Waals surface area contributed by atoms with E-state index in [4.69, 9.17) is 9.47 Å². The van der Waals surface area contributed by atoms with Gasteiger partial charge in [-0.25, -0.2) is 4.68 Å². The van der Waals surface area contributed by atoms with Crippen LogP contribution in [0.15, 0.2) is 47.3 Å². The van der Waals surface area contributed by atoms with E-state index in [9.17, 15) is 4.79 Å². The van der Waals surface area contributed by atoms with E-state index < -0.39 is 0 Å². The van der Waals surface area contributed by atoms with Gasteiger partial charge in [-0.3, -0.25) is 9.69 Å². The summed E-state index contributed by atoms with van der Waals surface area (Å²) in [4.78, 5) is 18.6. The number of benzene rings is 2. The molecule has 0 aliphatic rings. The second-order valence-electron chi connectivity index (χ2n) is 10.7. The molecule has 0 spiro atoms. The van der Waals surface area contributed by atoms with Crippen molar-refractivity contribution in [2.24, 2.45) is 0 Å². The van der Waals surface area contributed by atoms with Crippen molar-refractivity contribution in [1.29, 1.82) is 0 Å². The number of aromatic amines is 1. The number of pyridine rings is 1. The molecule has 1 N–H and O–H groups in total. The lowest BCUT2D eigenvalue weighted by atomic mass is 10.0. The Morgan fingerprint density at radius 3 is 2.51 bits per heavy atom. The van der Waals surface area contributed by atoms with Gasteiger partial charge in [0.05, 0.1) is 25.8 Å². The number of nitrogens with one attached hydrogen (secondary N) is 1. The molecule has 0 bridgehead atoms. The molecule has 1 atom stereocenters. The first-order valence-corrected chi connectivity index (χ1v) is 13.6. The summed E-state index contributed by atoms with van der Waals surface area (Å²) in [5.41, 5.74) is 3.47. The Morgan fingerprint density at radius 2 is 1.82 bits per heavy atom. The molecule has 9 heteroatoms. The summed E-state index contributed by atoms with van der Waals surface area (Å²) >= 11 is 0. The molecule has 39 heavy (non-hydrogen) atoms. The Kier molecular flexibility index (Phi) is 8.70. The number of hydrogen-bond donors (Lipinski definition) is 1. The van der Waals surface area contributed by atoms with Crippen LogP contribution in [0.4, 0.5) is 0 Å². The minimum Gasteiger partial charge on any atom is -0.493 e. The summed E-state index contributed by atoms with van der Waals surface area (Å²) in [5, 5.41) is 13.9. The van der Waals surface area contributed by atoms with E-state index in [0.717, 1.165) is 47.1 Å². The summed E-state index contributed by atoms with van der Waals surface area (Å²) in [6.07, 6.45) is 2.42. The number of fused-ring (bicyclic) bond motifs is 1. The van der Waals surface area contributed by atoms with Gasteiger partial charge in [0.25, 0.3) is 5.56 Å². The van der Waals surface area contributed by atoms with Crippen LogP contribution in [0, 0.1) is 6.92 Å². The second kappa shape index (κ2) is 12.0. The first kappa shape index (κ1) is 28.3. The molecule has 0 saturated heterocycles. The van der Waals surface area contributed by atoms with Gasteiger partial charge < -0.3 is 14.5 Å². The highest BCUT2D eigenvalue weighted by molar-refractivity contribution is 5.79. The number of ether oxygens (including phenoxy) is 2. The topological polar surface area (TPSA) is 98.2 Å². The third kappa shape index (κ3) is 6.14. The van der Waals surface area contributed by atoms with Gasteiger partial charge >= 0.3 is 0 Å². The number of tetrazole rings is 1. The summed E-state index contributed by atoms with van der Waals surface area (Å²) in [6.45, 7) is 11.7. The van der Waals surface area contributed by atoms with E-state index in [2.05, 4.69) is 71.3 Å². The zero-order valence-corrected chi connectivity index (χ0v) is 24.1. The minimum absolute atomic E-state index is 0.0763.